The molecule has 114 valence electrons. The maximum absolute atomic E-state index is 12.7. The number of benzene rings is 1. The van der Waals surface area contributed by atoms with Gasteiger partial charge in [0.15, 0.2) is 6.29 Å². The summed E-state index contributed by atoms with van der Waals surface area (Å²) in [6.45, 7) is 0.180. The van der Waals surface area contributed by atoms with Crippen molar-refractivity contribution >= 4 is 0 Å². The molecule has 6 nitrogen and oxygen atoms in total. The van der Waals surface area contributed by atoms with Crippen molar-refractivity contribution in [2.24, 2.45) is 0 Å². The predicted molar refractivity (Wildman–Crippen MR) is 66.1 cm³/mol. The fourth-order valence-corrected chi connectivity index (χ4v) is 1.65. The molecule has 0 amide bonds. The Bertz CT molecular complexity index is 596. The fraction of sp³-hybridized carbons (Fsp3) is 0.417. The van der Waals surface area contributed by atoms with E-state index in [0.717, 1.165) is 12.1 Å². The number of methoxy groups -OCH3 is 2. The number of alkyl halides is 3. The average molecular weight is 302 g/mol. The van der Waals surface area contributed by atoms with Crippen LogP contribution in [0.25, 0.3) is 11.4 Å². The lowest BCUT2D eigenvalue weighted by atomic mass is 10.1. The van der Waals surface area contributed by atoms with Crippen molar-refractivity contribution in [2.45, 2.75) is 19.0 Å². The first-order valence-corrected chi connectivity index (χ1v) is 5.95. The molecule has 1 heterocycles. The van der Waals surface area contributed by atoms with Crippen molar-refractivity contribution < 1.29 is 22.6 Å². The number of ether oxygens (including phenoxy) is 2. The molecule has 0 atom stereocenters. The van der Waals surface area contributed by atoms with Gasteiger partial charge in [0.05, 0.1) is 5.56 Å². The maximum Gasteiger partial charge on any atom is 0.416 e. The van der Waals surface area contributed by atoms with Gasteiger partial charge < -0.3 is 9.47 Å². The van der Waals surface area contributed by atoms with Gasteiger partial charge in [0.2, 0.25) is 5.82 Å². The Morgan fingerprint density at radius 3 is 2.57 bits per heavy atom. The number of tetrazole rings is 1. The van der Waals surface area contributed by atoms with Gasteiger partial charge in [0.1, 0.15) is 6.54 Å². The lowest BCUT2D eigenvalue weighted by Gasteiger charge is -2.11. The van der Waals surface area contributed by atoms with E-state index >= 15 is 0 Å². The molecular formula is C12H13F3N4O2. The third-order valence-electron chi connectivity index (χ3n) is 2.74. The minimum atomic E-state index is -4.41. The number of halogens is 3. The first kappa shape index (κ1) is 15.4. The zero-order valence-electron chi connectivity index (χ0n) is 11.3. The van der Waals surface area contributed by atoms with Crippen molar-refractivity contribution in [3.05, 3.63) is 29.8 Å². The van der Waals surface area contributed by atoms with Crippen LogP contribution in [0.1, 0.15) is 5.56 Å². The number of aromatic nitrogens is 4. The highest BCUT2D eigenvalue weighted by molar-refractivity contribution is 5.55. The molecule has 0 spiro atoms. The van der Waals surface area contributed by atoms with E-state index in [4.69, 9.17) is 9.47 Å². The van der Waals surface area contributed by atoms with Gasteiger partial charge in [-0.05, 0) is 17.3 Å². The molecule has 21 heavy (non-hydrogen) atoms. The summed E-state index contributed by atoms with van der Waals surface area (Å²) >= 11 is 0. The molecule has 2 aromatic rings. The van der Waals surface area contributed by atoms with Crippen LogP contribution >= 0.6 is 0 Å². The largest absolute Gasteiger partial charge is 0.416 e. The molecule has 0 saturated carbocycles. The first-order valence-electron chi connectivity index (χ1n) is 5.95. The van der Waals surface area contributed by atoms with Crippen LogP contribution in [0.4, 0.5) is 13.2 Å². The van der Waals surface area contributed by atoms with Crippen LogP contribution in [-0.2, 0) is 22.2 Å². The number of nitrogens with zero attached hydrogens (tertiary/aromatic N) is 4. The second kappa shape index (κ2) is 6.19. The highest BCUT2D eigenvalue weighted by Crippen LogP contribution is 2.31. The van der Waals surface area contributed by atoms with E-state index in [9.17, 15) is 13.2 Å². The van der Waals surface area contributed by atoms with Crippen LogP contribution in [0.3, 0.4) is 0 Å². The molecule has 2 rings (SSSR count). The van der Waals surface area contributed by atoms with Gasteiger partial charge in [-0.3, -0.25) is 0 Å². The van der Waals surface area contributed by atoms with Crippen molar-refractivity contribution in [2.75, 3.05) is 14.2 Å². The molecule has 0 aliphatic rings. The average Bonchev–Trinajstić information content (AvgIpc) is 2.92. The zero-order chi connectivity index (χ0) is 15.5. The quantitative estimate of drug-likeness (QED) is 0.790. The van der Waals surface area contributed by atoms with Gasteiger partial charge in [0, 0.05) is 19.8 Å². The second-order valence-electron chi connectivity index (χ2n) is 4.15. The molecule has 0 aliphatic carbocycles. The summed E-state index contributed by atoms with van der Waals surface area (Å²) in [5, 5.41) is 11.5. The molecule has 0 fully saturated rings. The van der Waals surface area contributed by atoms with Gasteiger partial charge in [0.25, 0.3) is 0 Å². The molecule has 1 aromatic heterocycles. The predicted octanol–water partition coefficient (Wildman–Crippen LogP) is 1.98. The standard InChI is InChI=1S/C12H13F3N4O2/c1-20-10(21-2)7-19-17-11(16-18-19)8-4-3-5-9(6-8)12(13,14)15/h3-6,10H,7H2,1-2H3. The van der Waals surface area contributed by atoms with Gasteiger partial charge in [-0.25, -0.2) is 0 Å². The van der Waals surface area contributed by atoms with Crippen molar-refractivity contribution in [1.29, 1.82) is 0 Å². The summed E-state index contributed by atoms with van der Waals surface area (Å²) < 4.78 is 47.9. The van der Waals surface area contributed by atoms with Crippen LogP contribution < -0.4 is 0 Å². The van der Waals surface area contributed by atoms with Gasteiger partial charge >= 0.3 is 6.18 Å². The molecular weight excluding hydrogens is 289 g/mol. The molecule has 0 bridgehead atoms. The van der Waals surface area contributed by atoms with Gasteiger partial charge in [-0.15, -0.1) is 10.2 Å². The van der Waals surface area contributed by atoms with E-state index in [1.165, 1.54) is 31.1 Å². The van der Waals surface area contributed by atoms with Gasteiger partial charge in [-0.1, -0.05) is 12.1 Å². The van der Waals surface area contributed by atoms with Gasteiger partial charge in [-0.2, -0.15) is 18.0 Å². The Morgan fingerprint density at radius 1 is 1.24 bits per heavy atom. The van der Waals surface area contributed by atoms with Crippen LogP contribution in [0.2, 0.25) is 0 Å². The molecule has 0 saturated heterocycles. The first-order chi connectivity index (χ1) is 9.94. The summed E-state index contributed by atoms with van der Waals surface area (Å²) in [6, 6.07) is 4.75. The van der Waals surface area contributed by atoms with E-state index in [1.807, 2.05) is 0 Å². The van der Waals surface area contributed by atoms with Crippen LogP contribution in [0, 0.1) is 0 Å². The van der Waals surface area contributed by atoms with E-state index in [1.54, 1.807) is 0 Å². The summed E-state index contributed by atoms with van der Waals surface area (Å²) in [4.78, 5) is 1.20. The third-order valence-corrected chi connectivity index (χ3v) is 2.74. The molecule has 0 radical (unpaired) electrons. The summed E-state index contributed by atoms with van der Waals surface area (Å²) in [6.07, 6.45) is -4.98. The molecule has 1 aromatic carbocycles. The number of rotatable bonds is 5. The van der Waals surface area contributed by atoms with Crippen molar-refractivity contribution in [1.82, 2.24) is 20.2 Å². The van der Waals surface area contributed by atoms with E-state index < -0.39 is 18.0 Å². The Morgan fingerprint density at radius 2 is 1.95 bits per heavy atom. The van der Waals surface area contributed by atoms with Crippen molar-refractivity contribution in [3.8, 4) is 11.4 Å². The number of hydrogen-bond donors (Lipinski definition) is 0. The summed E-state index contributed by atoms with van der Waals surface area (Å²) in [5.74, 6) is 0.104. The Hall–Kier alpha value is -2.00. The van der Waals surface area contributed by atoms with Crippen LogP contribution in [0.15, 0.2) is 24.3 Å². The minimum absolute atomic E-state index is 0.104. The highest BCUT2D eigenvalue weighted by atomic mass is 19.4. The Kier molecular flexibility index (Phi) is 4.53. The monoisotopic (exact) mass is 302 g/mol. The molecule has 9 heteroatoms. The Balaban J connectivity index is 2.22. The Labute approximate surface area is 118 Å². The maximum atomic E-state index is 12.7. The number of hydrogen-bond acceptors (Lipinski definition) is 5. The molecule has 0 unspecified atom stereocenters. The van der Waals surface area contributed by atoms with Crippen LogP contribution in [-0.4, -0.2) is 40.7 Å². The zero-order valence-corrected chi connectivity index (χ0v) is 11.3. The normalized spacial score (nSPS) is 12.1. The summed E-state index contributed by atoms with van der Waals surface area (Å²) in [7, 11) is 2.91. The molecule has 0 aliphatic heterocycles. The molecule has 0 N–H and O–H groups in total. The fourth-order valence-electron chi connectivity index (χ4n) is 1.65. The van der Waals surface area contributed by atoms with Crippen molar-refractivity contribution in [3.63, 3.8) is 0 Å². The van der Waals surface area contributed by atoms with Crippen LogP contribution in [0.5, 0.6) is 0 Å². The smallest absolute Gasteiger partial charge is 0.354 e. The van der Waals surface area contributed by atoms with E-state index in [2.05, 4.69) is 15.4 Å². The third kappa shape index (κ3) is 3.76. The topological polar surface area (TPSA) is 62.1 Å². The lowest BCUT2D eigenvalue weighted by Crippen LogP contribution is -2.22. The second-order valence-corrected chi connectivity index (χ2v) is 4.15. The minimum Gasteiger partial charge on any atom is -0.354 e. The summed E-state index contributed by atoms with van der Waals surface area (Å²) in [5.41, 5.74) is -0.523. The highest BCUT2D eigenvalue weighted by Gasteiger charge is 2.30. The van der Waals surface area contributed by atoms with E-state index in [-0.39, 0.29) is 17.9 Å². The SMILES string of the molecule is COC(Cn1nnc(-c2cccc(C(F)(F)F)c2)n1)OC. The lowest BCUT2D eigenvalue weighted by molar-refractivity contribution is -0.137. The van der Waals surface area contributed by atoms with E-state index in [0.29, 0.717) is 0 Å².